The third kappa shape index (κ3) is 1.76. The van der Waals surface area contributed by atoms with Gasteiger partial charge < -0.3 is 0 Å². The van der Waals surface area contributed by atoms with E-state index in [1.807, 2.05) is 0 Å². The van der Waals surface area contributed by atoms with Crippen molar-refractivity contribution in [2.24, 2.45) is 0 Å². The van der Waals surface area contributed by atoms with Crippen LogP contribution in [0.15, 0.2) is 0 Å². The van der Waals surface area contributed by atoms with Crippen molar-refractivity contribution in [2.75, 3.05) is 0 Å². The maximum Gasteiger partial charge on any atom is 0.0302 e. The van der Waals surface area contributed by atoms with Crippen molar-refractivity contribution in [1.82, 2.24) is 0 Å². The maximum absolute atomic E-state index is 3.05. The Morgan fingerprint density at radius 3 is 0.440 bits per heavy atom. The van der Waals surface area contributed by atoms with Crippen LogP contribution in [0.4, 0.5) is 0 Å². The molecule has 0 unspecified atom stereocenters. The maximum atomic E-state index is 3.05. The first-order valence-electron chi connectivity index (χ1n) is 10.5. The summed E-state index contributed by atoms with van der Waals surface area (Å²) in [6, 6.07) is 0. The zero-order valence-corrected chi connectivity index (χ0v) is 29.5. The van der Waals surface area contributed by atoms with E-state index < -0.39 is 63.0 Å². The van der Waals surface area contributed by atoms with Gasteiger partial charge in [0.1, 0.15) is 0 Å². The molecule has 0 nitrogen and oxygen atoms in total. The van der Waals surface area contributed by atoms with E-state index in [1.165, 1.54) is 0 Å². The van der Waals surface area contributed by atoms with E-state index in [1.54, 1.807) is 0 Å². The lowest BCUT2D eigenvalue weighted by Gasteiger charge is -2.62. The minimum Gasteiger partial charge on any atom is -0.0739 e. The van der Waals surface area contributed by atoms with E-state index >= 15 is 0 Å². The molecule has 9 heteroatoms. The first-order valence-corrected chi connectivity index (χ1v) is 46.5. The van der Waals surface area contributed by atoms with Crippen molar-refractivity contribution in [2.45, 2.75) is 105 Å². The highest BCUT2D eigenvalue weighted by Crippen LogP contribution is 2.64. The molecule has 0 saturated carbocycles. The highest BCUT2D eigenvalue weighted by atomic mass is 30.6. The highest BCUT2D eigenvalue weighted by Gasteiger charge is 2.92. The van der Waals surface area contributed by atoms with Gasteiger partial charge in [0, 0.05) is 63.0 Å². The van der Waals surface area contributed by atoms with Gasteiger partial charge >= 0.3 is 0 Å². The van der Waals surface area contributed by atoms with Crippen molar-refractivity contribution in [3.8, 4) is 0 Å². The molecule has 0 aromatic heterocycles. The number of rotatable bonds is 0. The van der Waals surface area contributed by atoms with Crippen LogP contribution in [0.5, 0.6) is 0 Å². The zero-order chi connectivity index (χ0) is 20.5. The highest BCUT2D eigenvalue weighted by molar-refractivity contribution is 8.40. The van der Waals surface area contributed by atoms with Crippen LogP contribution in [-0.2, 0) is 0 Å². The van der Waals surface area contributed by atoms with Crippen LogP contribution in [0.1, 0.15) is 0 Å². The SMILES string of the molecule is C[Si]1(C)[Si](C)(C)[Si](C)(C)[Si]2([Si]1(C)C)[Si](C)(C)[Si](C)(C)[Si](C)(C)[Si]2(C)C. The molecular formula is C16H48Si9. The fourth-order valence-electron chi connectivity index (χ4n) is 9.69. The van der Waals surface area contributed by atoms with E-state index in [9.17, 15) is 0 Å². The molecule has 2 heterocycles. The Hall–Kier alpha value is 1.95. The summed E-state index contributed by atoms with van der Waals surface area (Å²) in [5.74, 6) is 0. The molecular weight excluding hydrogens is 445 g/mol. The van der Waals surface area contributed by atoms with E-state index in [-0.39, 0.29) is 0 Å². The van der Waals surface area contributed by atoms with E-state index in [0.717, 1.165) is 0 Å². The van der Waals surface area contributed by atoms with Gasteiger partial charge in [-0.15, -0.1) is 0 Å². The molecule has 0 atom stereocenters. The lowest BCUT2D eigenvalue weighted by molar-refractivity contribution is 1.83. The molecule has 25 heavy (non-hydrogen) atoms. The summed E-state index contributed by atoms with van der Waals surface area (Å²) in [6.07, 6.45) is -1.12. The summed E-state index contributed by atoms with van der Waals surface area (Å²) in [7, 11) is -8.66. The van der Waals surface area contributed by atoms with Crippen LogP contribution >= 0.6 is 0 Å². The second-order valence-electron chi connectivity index (χ2n) is 13.8. The zero-order valence-electron chi connectivity index (χ0n) is 20.5. The van der Waals surface area contributed by atoms with Gasteiger partial charge in [0.15, 0.2) is 0 Å². The van der Waals surface area contributed by atoms with Crippen LogP contribution in [0.3, 0.4) is 0 Å². The quantitative estimate of drug-likeness (QED) is 0.368. The van der Waals surface area contributed by atoms with E-state index in [4.69, 9.17) is 0 Å². The third-order valence-electron chi connectivity index (χ3n) is 13.1. The van der Waals surface area contributed by atoms with E-state index in [2.05, 4.69) is 105 Å². The standard InChI is InChI=1S/C16H48Si9/c1-17(2)18(3,4)22(11,12)25(21(17,9)10)23(13,14)19(5,6)20(7,8)24(25,15)16/h1-16H3. The first-order chi connectivity index (χ1) is 10.5. The molecule has 0 amide bonds. The molecule has 2 aliphatic rings. The minimum atomic E-state index is -1.12. The predicted octanol–water partition coefficient (Wildman–Crippen LogP) is 5.91. The second-order valence-corrected chi connectivity index (χ2v) is 131. The van der Waals surface area contributed by atoms with Gasteiger partial charge in [-0.25, -0.2) is 0 Å². The molecule has 0 aliphatic carbocycles. The average molecular weight is 493 g/mol. The fraction of sp³-hybridized carbons (Fsp3) is 1.00. The van der Waals surface area contributed by atoms with Crippen molar-refractivity contribution in [3.63, 3.8) is 0 Å². The largest absolute Gasteiger partial charge is 0.0739 e. The van der Waals surface area contributed by atoms with Crippen molar-refractivity contribution < 1.29 is 0 Å². The normalized spacial score (nSPS) is 36.5. The molecule has 0 radical (unpaired) electrons. The molecule has 2 rings (SSSR count). The van der Waals surface area contributed by atoms with Crippen LogP contribution in [0, 0.1) is 0 Å². The lowest BCUT2D eigenvalue weighted by atomic mass is 11.9. The Bertz CT molecular complexity index is 502. The summed E-state index contributed by atoms with van der Waals surface area (Å²) in [5, 5.41) is 0. The molecule has 2 fully saturated rings. The predicted molar refractivity (Wildman–Crippen MR) is 146 cm³/mol. The van der Waals surface area contributed by atoms with Crippen LogP contribution < -0.4 is 0 Å². The van der Waals surface area contributed by atoms with Crippen LogP contribution in [-0.4, -0.2) is 63.0 Å². The molecule has 2 aliphatic heterocycles. The molecule has 0 N–H and O–H groups in total. The van der Waals surface area contributed by atoms with Gasteiger partial charge in [-0.3, -0.25) is 0 Å². The Morgan fingerprint density at radius 1 is 0.200 bits per heavy atom. The first kappa shape index (κ1) is 23.2. The lowest BCUT2D eigenvalue weighted by Crippen LogP contribution is -2.93. The molecule has 2 saturated heterocycles. The van der Waals surface area contributed by atoms with Gasteiger partial charge in [-0.2, -0.15) is 0 Å². The fourth-order valence-corrected chi connectivity index (χ4v) is 626. The summed E-state index contributed by atoms with van der Waals surface area (Å²) < 4.78 is 0. The average Bonchev–Trinajstić information content (AvgIpc) is 2.45. The summed E-state index contributed by atoms with van der Waals surface area (Å²) in [6.45, 7) is 48.0. The van der Waals surface area contributed by atoms with Gasteiger partial charge in [-0.1, -0.05) is 105 Å². The van der Waals surface area contributed by atoms with Crippen molar-refractivity contribution in [1.29, 1.82) is 0 Å². The molecule has 0 aromatic carbocycles. The van der Waals surface area contributed by atoms with E-state index in [0.29, 0.717) is 0 Å². The minimum absolute atomic E-state index is 1.06. The Kier molecular flexibility index (Phi) is 4.80. The topological polar surface area (TPSA) is 0 Å². The molecule has 1 spiro atoms. The Labute approximate surface area is 167 Å². The molecule has 148 valence electrons. The summed E-state index contributed by atoms with van der Waals surface area (Å²) in [4.78, 5) is 0. The molecule has 0 bridgehead atoms. The van der Waals surface area contributed by atoms with Crippen LogP contribution in [0.2, 0.25) is 105 Å². The monoisotopic (exact) mass is 492 g/mol. The summed E-state index contributed by atoms with van der Waals surface area (Å²) >= 11 is 0. The smallest absolute Gasteiger partial charge is 0.0302 e. The van der Waals surface area contributed by atoms with Crippen molar-refractivity contribution >= 4 is 63.0 Å². The van der Waals surface area contributed by atoms with Gasteiger partial charge in [0.2, 0.25) is 0 Å². The van der Waals surface area contributed by atoms with Gasteiger partial charge in [-0.05, 0) is 0 Å². The Balaban J connectivity index is 3.16. The third-order valence-corrected chi connectivity index (χ3v) is 307. The van der Waals surface area contributed by atoms with Crippen LogP contribution in [0.25, 0.3) is 0 Å². The second kappa shape index (κ2) is 5.16. The van der Waals surface area contributed by atoms with Crippen molar-refractivity contribution in [3.05, 3.63) is 0 Å². The molecule has 0 aromatic rings. The summed E-state index contributed by atoms with van der Waals surface area (Å²) in [5.41, 5.74) is 0. The number of hydrogen-bond acceptors (Lipinski definition) is 0. The Morgan fingerprint density at radius 2 is 0.320 bits per heavy atom. The van der Waals surface area contributed by atoms with Gasteiger partial charge in [0.25, 0.3) is 0 Å². The van der Waals surface area contributed by atoms with Gasteiger partial charge in [0.05, 0.1) is 0 Å². The number of hydrogen-bond donors (Lipinski definition) is 0.